The van der Waals surface area contributed by atoms with Gasteiger partial charge in [0.15, 0.2) is 11.6 Å². The van der Waals surface area contributed by atoms with Crippen molar-refractivity contribution in [1.82, 2.24) is 0 Å². The lowest BCUT2D eigenvalue weighted by Gasteiger charge is -2.30. The minimum atomic E-state index is -1.06. The van der Waals surface area contributed by atoms with E-state index in [1.54, 1.807) is 0 Å². The van der Waals surface area contributed by atoms with Crippen LogP contribution in [0.4, 0.5) is 8.78 Å². The molecule has 0 heterocycles. The normalized spacial score (nSPS) is 20.3. The van der Waals surface area contributed by atoms with Crippen molar-refractivity contribution in [3.05, 3.63) is 35.4 Å². The lowest BCUT2D eigenvalue weighted by molar-refractivity contribution is 0.0513. The summed E-state index contributed by atoms with van der Waals surface area (Å²) < 4.78 is 26.2. The third kappa shape index (κ3) is 2.76. The van der Waals surface area contributed by atoms with Crippen molar-refractivity contribution in [2.75, 3.05) is 0 Å². The van der Waals surface area contributed by atoms with Gasteiger partial charge >= 0.3 is 0 Å². The van der Waals surface area contributed by atoms with Crippen molar-refractivity contribution in [3.63, 3.8) is 0 Å². The number of benzene rings is 1. The zero-order valence-corrected chi connectivity index (χ0v) is 10.7. The Labute approximate surface area is 111 Å². The van der Waals surface area contributed by atoms with Crippen LogP contribution < -0.4 is 0 Å². The Morgan fingerprint density at radius 3 is 2.26 bits per heavy atom. The summed E-state index contributed by atoms with van der Waals surface area (Å²) in [6.45, 7) is 0. The van der Waals surface area contributed by atoms with E-state index in [1.807, 2.05) is 0 Å². The molecule has 1 aliphatic carbocycles. The van der Waals surface area contributed by atoms with Crippen LogP contribution >= 0.6 is 0 Å². The van der Waals surface area contributed by atoms with Gasteiger partial charge in [-0.15, -0.1) is 0 Å². The highest BCUT2D eigenvalue weighted by molar-refractivity contribution is 5.24. The smallest absolute Gasteiger partial charge is 0.159 e. The van der Waals surface area contributed by atoms with Crippen molar-refractivity contribution in [2.24, 2.45) is 5.41 Å². The number of aliphatic hydroxyl groups is 1. The van der Waals surface area contributed by atoms with E-state index in [2.05, 4.69) is 6.07 Å². The summed E-state index contributed by atoms with van der Waals surface area (Å²) in [5, 5.41) is 19.9. The molecule has 4 heteroatoms. The van der Waals surface area contributed by atoms with Gasteiger partial charge in [-0.2, -0.15) is 5.26 Å². The minimum Gasteiger partial charge on any atom is -0.387 e. The lowest BCUT2D eigenvalue weighted by Crippen LogP contribution is -2.27. The summed E-state index contributed by atoms with van der Waals surface area (Å²) in [5.41, 5.74) is -0.594. The molecule has 1 aromatic carbocycles. The molecule has 1 aromatic rings. The van der Waals surface area contributed by atoms with E-state index in [4.69, 9.17) is 0 Å². The summed E-state index contributed by atoms with van der Waals surface area (Å²) in [6, 6.07) is 5.56. The second-order valence-electron chi connectivity index (χ2n) is 5.26. The number of halogens is 2. The van der Waals surface area contributed by atoms with E-state index in [0.29, 0.717) is 12.8 Å². The molecule has 0 bridgehead atoms. The SMILES string of the molecule is N#CC1(C(O)c2ccc(F)c(F)c2)CCCCCC1. The fourth-order valence-electron chi connectivity index (χ4n) is 2.81. The summed E-state index contributed by atoms with van der Waals surface area (Å²) in [7, 11) is 0. The molecule has 0 aliphatic heterocycles. The Morgan fingerprint density at radius 2 is 1.74 bits per heavy atom. The molecule has 102 valence electrons. The molecule has 1 fully saturated rings. The molecular formula is C15H17F2NO. The second-order valence-corrected chi connectivity index (χ2v) is 5.26. The maximum absolute atomic E-state index is 13.2. The molecule has 2 nitrogen and oxygen atoms in total. The van der Waals surface area contributed by atoms with Gasteiger partial charge in [0.1, 0.15) is 0 Å². The van der Waals surface area contributed by atoms with E-state index < -0.39 is 23.2 Å². The zero-order valence-electron chi connectivity index (χ0n) is 10.7. The first-order valence-electron chi connectivity index (χ1n) is 6.63. The van der Waals surface area contributed by atoms with Crippen LogP contribution in [-0.2, 0) is 0 Å². The van der Waals surface area contributed by atoms with Crippen molar-refractivity contribution in [3.8, 4) is 6.07 Å². The van der Waals surface area contributed by atoms with E-state index in [0.717, 1.165) is 37.8 Å². The van der Waals surface area contributed by atoms with Gasteiger partial charge in [0.25, 0.3) is 0 Å². The fraction of sp³-hybridized carbons (Fsp3) is 0.533. The first kappa shape index (κ1) is 14.0. The number of hydrogen-bond acceptors (Lipinski definition) is 2. The Hall–Kier alpha value is -1.47. The van der Waals surface area contributed by atoms with Gasteiger partial charge in [-0.05, 0) is 30.5 Å². The van der Waals surface area contributed by atoms with Gasteiger partial charge in [-0.3, -0.25) is 0 Å². The van der Waals surface area contributed by atoms with E-state index in [9.17, 15) is 19.1 Å². The van der Waals surface area contributed by atoms with Crippen LogP contribution in [0, 0.1) is 28.4 Å². The van der Waals surface area contributed by atoms with Crippen LogP contribution in [0.1, 0.15) is 50.2 Å². The quantitative estimate of drug-likeness (QED) is 0.825. The number of rotatable bonds is 2. The van der Waals surface area contributed by atoms with E-state index in [-0.39, 0.29) is 5.56 Å². The van der Waals surface area contributed by atoms with Crippen LogP contribution in [0.15, 0.2) is 18.2 Å². The van der Waals surface area contributed by atoms with Gasteiger partial charge < -0.3 is 5.11 Å². The van der Waals surface area contributed by atoms with Crippen LogP contribution in [0.3, 0.4) is 0 Å². The van der Waals surface area contributed by atoms with Crippen molar-refractivity contribution in [2.45, 2.75) is 44.6 Å². The highest BCUT2D eigenvalue weighted by Crippen LogP contribution is 2.44. The standard InChI is InChI=1S/C15H17F2NO/c16-12-6-5-11(9-13(12)17)14(19)15(10-18)7-3-1-2-4-8-15/h5-6,9,14,19H,1-4,7-8H2. The number of nitriles is 1. The van der Waals surface area contributed by atoms with Crippen molar-refractivity contribution >= 4 is 0 Å². The topological polar surface area (TPSA) is 44.0 Å². The molecule has 2 rings (SSSR count). The zero-order chi connectivity index (χ0) is 13.9. The van der Waals surface area contributed by atoms with Crippen molar-refractivity contribution < 1.29 is 13.9 Å². The number of nitrogens with zero attached hydrogens (tertiary/aromatic N) is 1. The molecule has 0 amide bonds. The van der Waals surface area contributed by atoms with Gasteiger partial charge in [0.2, 0.25) is 0 Å². The highest BCUT2D eigenvalue weighted by Gasteiger charge is 2.39. The molecular weight excluding hydrogens is 248 g/mol. The highest BCUT2D eigenvalue weighted by atomic mass is 19.2. The fourth-order valence-corrected chi connectivity index (χ4v) is 2.81. The Kier molecular flexibility index (Phi) is 4.16. The molecule has 1 unspecified atom stereocenters. The molecule has 0 saturated heterocycles. The third-order valence-electron chi connectivity index (χ3n) is 4.00. The second kappa shape index (κ2) is 5.66. The molecule has 1 aliphatic rings. The summed E-state index contributed by atoms with van der Waals surface area (Å²) in [4.78, 5) is 0. The Morgan fingerprint density at radius 1 is 1.11 bits per heavy atom. The van der Waals surface area contributed by atoms with Crippen LogP contribution in [0.5, 0.6) is 0 Å². The van der Waals surface area contributed by atoms with Crippen molar-refractivity contribution in [1.29, 1.82) is 5.26 Å². The number of hydrogen-bond donors (Lipinski definition) is 1. The maximum atomic E-state index is 13.2. The lowest BCUT2D eigenvalue weighted by atomic mass is 9.74. The average molecular weight is 265 g/mol. The first-order chi connectivity index (χ1) is 9.09. The van der Waals surface area contributed by atoms with Gasteiger partial charge in [0, 0.05) is 0 Å². The molecule has 0 spiro atoms. The largest absolute Gasteiger partial charge is 0.387 e. The van der Waals surface area contributed by atoms with Crippen LogP contribution in [-0.4, -0.2) is 5.11 Å². The molecule has 1 atom stereocenters. The Bertz CT molecular complexity index is 487. The predicted octanol–water partition coefficient (Wildman–Crippen LogP) is 3.86. The molecule has 1 saturated carbocycles. The predicted molar refractivity (Wildman–Crippen MR) is 67.1 cm³/mol. The summed E-state index contributed by atoms with van der Waals surface area (Å²) >= 11 is 0. The number of aliphatic hydroxyl groups excluding tert-OH is 1. The third-order valence-corrected chi connectivity index (χ3v) is 4.00. The maximum Gasteiger partial charge on any atom is 0.159 e. The monoisotopic (exact) mass is 265 g/mol. The van der Waals surface area contributed by atoms with E-state index >= 15 is 0 Å². The molecule has 1 N–H and O–H groups in total. The average Bonchev–Trinajstić information content (AvgIpc) is 2.67. The molecule has 0 radical (unpaired) electrons. The van der Waals surface area contributed by atoms with Crippen LogP contribution in [0.25, 0.3) is 0 Å². The van der Waals surface area contributed by atoms with Crippen LogP contribution in [0.2, 0.25) is 0 Å². The summed E-state index contributed by atoms with van der Waals surface area (Å²) in [6.07, 6.45) is 4.00. The van der Waals surface area contributed by atoms with Gasteiger partial charge in [0.05, 0.1) is 17.6 Å². The first-order valence-corrected chi connectivity index (χ1v) is 6.63. The van der Waals surface area contributed by atoms with Gasteiger partial charge in [-0.1, -0.05) is 31.7 Å². The molecule has 0 aromatic heterocycles. The Balaban J connectivity index is 2.31. The van der Waals surface area contributed by atoms with Gasteiger partial charge in [-0.25, -0.2) is 8.78 Å². The summed E-state index contributed by atoms with van der Waals surface area (Å²) in [5.74, 6) is -1.93. The minimum absolute atomic E-state index is 0.280. The molecule has 19 heavy (non-hydrogen) atoms. The van der Waals surface area contributed by atoms with E-state index in [1.165, 1.54) is 6.07 Å².